The lowest BCUT2D eigenvalue weighted by Crippen LogP contribution is -2.44. The highest BCUT2D eigenvalue weighted by molar-refractivity contribution is 8.00. The van der Waals surface area contributed by atoms with Gasteiger partial charge in [-0.05, 0) is 19.1 Å². The van der Waals surface area contributed by atoms with Gasteiger partial charge in [0.05, 0.1) is 38.2 Å². The van der Waals surface area contributed by atoms with Crippen LogP contribution in [-0.2, 0) is 9.53 Å². The number of aromatic amines is 1. The first-order chi connectivity index (χ1) is 12.6. The quantitative estimate of drug-likeness (QED) is 0.767. The molecule has 8 nitrogen and oxygen atoms in total. The highest BCUT2D eigenvalue weighted by Crippen LogP contribution is 2.32. The number of benzene rings is 1. The Morgan fingerprint density at radius 1 is 1.31 bits per heavy atom. The molecule has 0 saturated carbocycles. The summed E-state index contributed by atoms with van der Waals surface area (Å²) in [6, 6.07) is 5.47. The highest BCUT2D eigenvalue weighted by Gasteiger charge is 2.24. The standard InChI is InChI=1S/C17H22N4O4S/c1-11(16(22)21-6-8-25-9-7-21)26-17-18-15(19-20-17)13-5-4-12(23-2)10-14(13)24-3/h4-5,10-11H,6-9H2,1-3H3,(H,18,19,20)/t11-/m0/s1. The Kier molecular flexibility index (Phi) is 6.00. The van der Waals surface area contributed by atoms with Gasteiger partial charge in [0.15, 0.2) is 5.82 Å². The maximum Gasteiger partial charge on any atom is 0.236 e. The fraction of sp³-hybridized carbons (Fsp3) is 0.471. The minimum Gasteiger partial charge on any atom is -0.497 e. The molecule has 1 N–H and O–H groups in total. The predicted molar refractivity (Wildman–Crippen MR) is 97.6 cm³/mol. The Hall–Kier alpha value is -2.26. The van der Waals surface area contributed by atoms with Gasteiger partial charge in [-0.25, -0.2) is 4.98 Å². The number of carbonyl (C=O) groups is 1. The van der Waals surface area contributed by atoms with E-state index in [0.29, 0.717) is 48.8 Å². The third kappa shape index (κ3) is 4.10. The summed E-state index contributed by atoms with van der Waals surface area (Å²) in [6.45, 7) is 4.31. The Morgan fingerprint density at radius 2 is 2.08 bits per heavy atom. The van der Waals surface area contributed by atoms with Crippen molar-refractivity contribution in [1.82, 2.24) is 20.1 Å². The molecule has 1 aromatic carbocycles. The number of nitrogens with zero attached hydrogens (tertiary/aromatic N) is 3. The third-order valence-electron chi connectivity index (χ3n) is 4.08. The van der Waals surface area contributed by atoms with E-state index in [-0.39, 0.29) is 11.2 Å². The molecule has 1 aromatic heterocycles. The summed E-state index contributed by atoms with van der Waals surface area (Å²) >= 11 is 1.33. The van der Waals surface area contributed by atoms with Crippen LogP contribution in [0.2, 0.25) is 0 Å². The van der Waals surface area contributed by atoms with E-state index in [1.54, 1.807) is 20.3 Å². The van der Waals surface area contributed by atoms with Crippen LogP contribution in [0.1, 0.15) is 6.92 Å². The fourth-order valence-electron chi connectivity index (χ4n) is 2.66. The van der Waals surface area contributed by atoms with E-state index in [9.17, 15) is 4.79 Å². The van der Waals surface area contributed by atoms with Gasteiger partial charge in [-0.2, -0.15) is 0 Å². The van der Waals surface area contributed by atoms with Crippen molar-refractivity contribution in [3.05, 3.63) is 18.2 Å². The largest absolute Gasteiger partial charge is 0.497 e. The fourth-order valence-corrected chi connectivity index (χ4v) is 3.47. The van der Waals surface area contributed by atoms with E-state index in [1.165, 1.54) is 11.8 Å². The number of carbonyl (C=O) groups excluding carboxylic acids is 1. The van der Waals surface area contributed by atoms with Gasteiger partial charge >= 0.3 is 0 Å². The lowest BCUT2D eigenvalue weighted by atomic mass is 10.2. The van der Waals surface area contributed by atoms with Crippen LogP contribution in [0.25, 0.3) is 11.4 Å². The first-order valence-corrected chi connectivity index (χ1v) is 9.18. The lowest BCUT2D eigenvalue weighted by Gasteiger charge is -2.28. The molecule has 2 heterocycles. The van der Waals surface area contributed by atoms with Crippen molar-refractivity contribution in [2.75, 3.05) is 40.5 Å². The molecule has 3 rings (SSSR count). The molecule has 1 aliphatic rings. The van der Waals surface area contributed by atoms with Gasteiger partial charge in [0.25, 0.3) is 0 Å². The molecule has 1 saturated heterocycles. The molecular formula is C17H22N4O4S. The van der Waals surface area contributed by atoms with Gasteiger partial charge < -0.3 is 19.1 Å². The monoisotopic (exact) mass is 378 g/mol. The number of methoxy groups -OCH3 is 2. The summed E-state index contributed by atoms with van der Waals surface area (Å²) in [5, 5.41) is 7.38. The van der Waals surface area contributed by atoms with Crippen LogP contribution in [0, 0.1) is 0 Å². The zero-order chi connectivity index (χ0) is 18.5. The number of hydrogen-bond donors (Lipinski definition) is 1. The van der Waals surface area contributed by atoms with Crippen molar-refractivity contribution in [3.63, 3.8) is 0 Å². The first-order valence-electron chi connectivity index (χ1n) is 8.30. The third-order valence-corrected chi connectivity index (χ3v) is 5.03. The van der Waals surface area contributed by atoms with E-state index in [1.807, 2.05) is 24.0 Å². The Morgan fingerprint density at radius 3 is 2.77 bits per heavy atom. The molecule has 1 atom stereocenters. The molecule has 1 aliphatic heterocycles. The van der Waals surface area contributed by atoms with Crippen LogP contribution in [0.15, 0.2) is 23.4 Å². The molecule has 1 amide bonds. The van der Waals surface area contributed by atoms with Crippen molar-refractivity contribution in [2.24, 2.45) is 0 Å². The van der Waals surface area contributed by atoms with Crippen molar-refractivity contribution in [1.29, 1.82) is 0 Å². The molecule has 0 aliphatic carbocycles. The zero-order valence-electron chi connectivity index (χ0n) is 15.0. The molecule has 1 fully saturated rings. The molecule has 0 radical (unpaired) electrons. The summed E-state index contributed by atoms with van der Waals surface area (Å²) in [5.41, 5.74) is 0.778. The van der Waals surface area contributed by atoms with Gasteiger partial charge in [0, 0.05) is 19.2 Å². The number of hydrogen-bond acceptors (Lipinski definition) is 7. The second-order valence-corrected chi connectivity index (χ2v) is 7.04. The van der Waals surface area contributed by atoms with Gasteiger partial charge in [0.1, 0.15) is 11.5 Å². The summed E-state index contributed by atoms with van der Waals surface area (Å²) in [5.74, 6) is 1.99. The van der Waals surface area contributed by atoms with Gasteiger partial charge in [-0.1, -0.05) is 11.8 Å². The van der Waals surface area contributed by atoms with Gasteiger partial charge in [-0.15, -0.1) is 5.10 Å². The molecule has 0 bridgehead atoms. The number of nitrogens with one attached hydrogen (secondary N) is 1. The van der Waals surface area contributed by atoms with Crippen LogP contribution in [-0.4, -0.2) is 71.8 Å². The number of amides is 1. The molecule has 140 valence electrons. The summed E-state index contributed by atoms with van der Waals surface area (Å²) in [7, 11) is 3.19. The van der Waals surface area contributed by atoms with E-state index in [0.717, 1.165) is 5.56 Å². The lowest BCUT2D eigenvalue weighted by molar-refractivity contribution is -0.134. The molecule has 0 unspecified atom stereocenters. The topological polar surface area (TPSA) is 89.6 Å². The Labute approximate surface area is 156 Å². The van der Waals surface area contributed by atoms with Crippen LogP contribution in [0.5, 0.6) is 11.5 Å². The number of rotatable bonds is 6. The van der Waals surface area contributed by atoms with E-state index >= 15 is 0 Å². The number of ether oxygens (including phenoxy) is 3. The van der Waals surface area contributed by atoms with Crippen LogP contribution in [0.4, 0.5) is 0 Å². The van der Waals surface area contributed by atoms with Crippen molar-refractivity contribution in [2.45, 2.75) is 17.3 Å². The SMILES string of the molecule is COc1ccc(-c2nc(S[C@@H](C)C(=O)N3CCOCC3)n[nH]2)c(OC)c1. The summed E-state index contributed by atoms with van der Waals surface area (Å²) in [6.07, 6.45) is 0. The first kappa shape index (κ1) is 18.5. The molecule has 26 heavy (non-hydrogen) atoms. The maximum absolute atomic E-state index is 12.5. The van der Waals surface area contributed by atoms with Crippen molar-refractivity contribution < 1.29 is 19.0 Å². The second-order valence-electron chi connectivity index (χ2n) is 5.73. The molecule has 9 heteroatoms. The average Bonchev–Trinajstić information content (AvgIpc) is 3.15. The minimum atomic E-state index is -0.269. The van der Waals surface area contributed by atoms with Crippen LogP contribution < -0.4 is 9.47 Å². The molecular weight excluding hydrogens is 356 g/mol. The zero-order valence-corrected chi connectivity index (χ0v) is 15.8. The summed E-state index contributed by atoms with van der Waals surface area (Å²) < 4.78 is 15.9. The summed E-state index contributed by atoms with van der Waals surface area (Å²) in [4.78, 5) is 18.8. The Bertz CT molecular complexity index is 761. The number of H-pyrrole nitrogens is 1. The van der Waals surface area contributed by atoms with Crippen LogP contribution in [0.3, 0.4) is 0 Å². The van der Waals surface area contributed by atoms with Gasteiger partial charge in [-0.3, -0.25) is 9.89 Å². The van der Waals surface area contributed by atoms with Crippen molar-refractivity contribution >= 4 is 17.7 Å². The molecule has 0 spiro atoms. The van der Waals surface area contributed by atoms with E-state index in [2.05, 4.69) is 15.2 Å². The minimum absolute atomic E-state index is 0.0756. The number of aromatic nitrogens is 3. The highest BCUT2D eigenvalue weighted by atomic mass is 32.2. The van der Waals surface area contributed by atoms with E-state index < -0.39 is 0 Å². The second kappa shape index (κ2) is 8.41. The Balaban J connectivity index is 1.70. The van der Waals surface area contributed by atoms with Crippen LogP contribution >= 0.6 is 11.8 Å². The smallest absolute Gasteiger partial charge is 0.236 e. The number of thioether (sulfide) groups is 1. The normalized spacial score (nSPS) is 15.6. The predicted octanol–water partition coefficient (Wildman–Crippen LogP) is 1.83. The maximum atomic E-state index is 12.5. The van der Waals surface area contributed by atoms with Gasteiger partial charge in [0.2, 0.25) is 11.1 Å². The molecule has 2 aromatic rings. The number of morpholine rings is 1. The average molecular weight is 378 g/mol. The van der Waals surface area contributed by atoms with E-state index in [4.69, 9.17) is 14.2 Å². The van der Waals surface area contributed by atoms with Crippen molar-refractivity contribution in [3.8, 4) is 22.9 Å².